The lowest BCUT2D eigenvalue weighted by Crippen LogP contribution is -2.52. The molecule has 1 aromatic heterocycles. The summed E-state index contributed by atoms with van der Waals surface area (Å²) in [6.07, 6.45) is 0. The van der Waals surface area contributed by atoms with Crippen LogP contribution in [0.1, 0.15) is 24.3 Å². The van der Waals surface area contributed by atoms with Crippen LogP contribution in [-0.4, -0.2) is 67.7 Å². The molecule has 2 N–H and O–H groups in total. The van der Waals surface area contributed by atoms with Crippen LogP contribution in [0.5, 0.6) is 5.75 Å². The molecule has 1 saturated heterocycles. The van der Waals surface area contributed by atoms with Crippen molar-refractivity contribution >= 4 is 34.2 Å². The first-order chi connectivity index (χ1) is 16.4. The van der Waals surface area contributed by atoms with Gasteiger partial charge in [0.2, 0.25) is 5.91 Å². The van der Waals surface area contributed by atoms with Gasteiger partial charge in [0.05, 0.1) is 25.4 Å². The molecule has 0 radical (unpaired) electrons. The zero-order chi connectivity index (χ0) is 24.2. The molecule has 2 aromatic carbocycles. The number of benzene rings is 2. The van der Waals surface area contributed by atoms with Crippen LogP contribution >= 0.6 is 0 Å². The number of methoxy groups -OCH3 is 1. The van der Waals surface area contributed by atoms with Crippen molar-refractivity contribution < 1.29 is 23.5 Å². The van der Waals surface area contributed by atoms with E-state index in [1.165, 1.54) is 12.1 Å². The molecule has 0 saturated carbocycles. The van der Waals surface area contributed by atoms with Crippen molar-refractivity contribution in [2.45, 2.75) is 19.9 Å². The summed E-state index contributed by atoms with van der Waals surface area (Å²) in [5.74, 6) is -0.398. The van der Waals surface area contributed by atoms with Crippen LogP contribution in [0.25, 0.3) is 10.9 Å². The first-order valence-corrected chi connectivity index (χ1v) is 11.3. The van der Waals surface area contributed by atoms with Gasteiger partial charge in [-0.05, 0) is 56.3 Å². The first kappa shape index (κ1) is 23.6. The average molecular weight is 469 g/mol. The smallest absolute Gasteiger partial charge is 0.356 e. The summed E-state index contributed by atoms with van der Waals surface area (Å²) in [5.41, 5.74) is 2.24. The summed E-state index contributed by atoms with van der Waals surface area (Å²) < 4.78 is 23.7. The number of fused-ring (bicyclic) bond motifs is 1. The number of hydrogen-bond donors (Lipinski definition) is 2. The predicted octanol–water partition coefficient (Wildman–Crippen LogP) is 3.64. The first-order valence-electron chi connectivity index (χ1n) is 11.3. The van der Waals surface area contributed by atoms with Crippen molar-refractivity contribution in [3.05, 3.63) is 54.0 Å². The number of piperazine rings is 1. The molecule has 34 heavy (non-hydrogen) atoms. The van der Waals surface area contributed by atoms with Gasteiger partial charge in [0.1, 0.15) is 17.3 Å². The topological polar surface area (TPSA) is 86.9 Å². The summed E-state index contributed by atoms with van der Waals surface area (Å²) in [5, 5.41) is 3.62. The molecule has 1 amide bonds. The lowest BCUT2D eigenvalue weighted by atomic mass is 10.1. The van der Waals surface area contributed by atoms with Gasteiger partial charge in [0, 0.05) is 42.8 Å². The molecule has 1 fully saturated rings. The van der Waals surface area contributed by atoms with Crippen LogP contribution in [0, 0.1) is 5.82 Å². The Balaban J connectivity index is 1.49. The second kappa shape index (κ2) is 10.1. The highest BCUT2D eigenvalue weighted by atomic mass is 19.1. The number of aromatic amines is 1. The molecule has 0 aliphatic carbocycles. The Bertz CT molecular complexity index is 1170. The number of hydrogen-bond acceptors (Lipinski definition) is 6. The van der Waals surface area contributed by atoms with Crippen LogP contribution in [0.3, 0.4) is 0 Å². The third-order valence-corrected chi connectivity index (χ3v) is 6.17. The second-order valence-electron chi connectivity index (χ2n) is 8.17. The highest BCUT2D eigenvalue weighted by Gasteiger charge is 2.28. The van der Waals surface area contributed by atoms with Gasteiger partial charge >= 0.3 is 5.97 Å². The minimum atomic E-state index is -0.534. The third-order valence-electron chi connectivity index (χ3n) is 6.17. The standard InChI is InChI=1S/C25H29FN4O4/c1-4-34-25(32)23-22(20-15-19(33-3)9-10-21(20)27-23)28-24(31)16(2)29-11-13-30(14-12-29)18-7-5-17(26)6-8-18/h5-10,15-16,27H,4,11-14H2,1-3H3,(H,28,31)/t16-/m1/s1. The van der Waals surface area contributed by atoms with Gasteiger partial charge in [-0.25, -0.2) is 9.18 Å². The number of rotatable bonds is 7. The number of carbonyl (C=O) groups is 2. The Morgan fingerprint density at radius 1 is 1.12 bits per heavy atom. The number of halogens is 1. The monoisotopic (exact) mass is 468 g/mol. The fourth-order valence-electron chi connectivity index (χ4n) is 4.20. The third kappa shape index (κ3) is 4.84. The number of anilines is 2. The molecule has 1 atom stereocenters. The van der Waals surface area contributed by atoms with E-state index in [-0.39, 0.29) is 24.0 Å². The molecular formula is C25H29FN4O4. The van der Waals surface area contributed by atoms with Crippen LogP contribution in [0.4, 0.5) is 15.8 Å². The molecule has 0 unspecified atom stereocenters. The Morgan fingerprint density at radius 2 is 1.82 bits per heavy atom. The van der Waals surface area contributed by atoms with Crippen LogP contribution in [0.2, 0.25) is 0 Å². The van der Waals surface area contributed by atoms with Gasteiger partial charge in [-0.15, -0.1) is 0 Å². The van der Waals surface area contributed by atoms with Crippen molar-refractivity contribution in [3.63, 3.8) is 0 Å². The zero-order valence-corrected chi connectivity index (χ0v) is 19.6. The SMILES string of the molecule is CCOC(=O)c1[nH]c2ccc(OC)cc2c1NC(=O)[C@@H](C)N1CCN(c2ccc(F)cc2)CC1. The molecule has 0 bridgehead atoms. The van der Waals surface area contributed by atoms with E-state index in [1.807, 2.05) is 6.92 Å². The lowest BCUT2D eigenvalue weighted by Gasteiger charge is -2.38. The van der Waals surface area contributed by atoms with Crippen LogP contribution in [0.15, 0.2) is 42.5 Å². The van der Waals surface area contributed by atoms with Gasteiger partial charge in [0.15, 0.2) is 0 Å². The van der Waals surface area contributed by atoms with E-state index in [2.05, 4.69) is 20.1 Å². The molecule has 1 aliphatic heterocycles. The molecule has 4 rings (SSSR count). The lowest BCUT2D eigenvalue weighted by molar-refractivity contribution is -0.120. The number of ether oxygens (including phenoxy) is 2. The number of nitrogens with zero attached hydrogens (tertiary/aromatic N) is 2. The van der Waals surface area contributed by atoms with Crippen LogP contribution in [-0.2, 0) is 9.53 Å². The van der Waals surface area contributed by atoms with E-state index in [4.69, 9.17) is 9.47 Å². The highest BCUT2D eigenvalue weighted by Crippen LogP contribution is 2.32. The number of carbonyl (C=O) groups excluding carboxylic acids is 2. The maximum absolute atomic E-state index is 13.2. The molecule has 0 spiro atoms. The number of H-pyrrole nitrogens is 1. The normalized spacial score (nSPS) is 15.2. The summed E-state index contributed by atoms with van der Waals surface area (Å²) in [6, 6.07) is 11.4. The van der Waals surface area contributed by atoms with E-state index < -0.39 is 12.0 Å². The van der Waals surface area contributed by atoms with Gasteiger partial charge in [-0.3, -0.25) is 9.69 Å². The van der Waals surface area contributed by atoms with E-state index in [0.29, 0.717) is 35.4 Å². The van der Waals surface area contributed by atoms with Gasteiger partial charge < -0.3 is 24.7 Å². The van der Waals surface area contributed by atoms with Crippen LogP contribution < -0.4 is 15.0 Å². The van der Waals surface area contributed by atoms with E-state index in [1.54, 1.807) is 44.4 Å². The van der Waals surface area contributed by atoms with Gasteiger partial charge in [-0.1, -0.05) is 0 Å². The Labute approximate surface area is 197 Å². The van der Waals surface area contributed by atoms with Crippen molar-refractivity contribution in [1.82, 2.24) is 9.88 Å². The second-order valence-corrected chi connectivity index (χ2v) is 8.17. The molecule has 3 aromatic rings. The number of aromatic nitrogens is 1. The molecular weight excluding hydrogens is 439 g/mol. The molecule has 2 heterocycles. The van der Waals surface area contributed by atoms with Crippen molar-refractivity contribution in [2.75, 3.05) is 50.1 Å². The molecule has 9 heteroatoms. The van der Waals surface area contributed by atoms with Gasteiger partial charge in [0.25, 0.3) is 0 Å². The van der Waals surface area contributed by atoms with Crippen molar-refractivity contribution in [1.29, 1.82) is 0 Å². The predicted molar refractivity (Wildman–Crippen MR) is 129 cm³/mol. The zero-order valence-electron chi connectivity index (χ0n) is 19.6. The largest absolute Gasteiger partial charge is 0.497 e. The van der Waals surface area contributed by atoms with Gasteiger partial charge in [-0.2, -0.15) is 0 Å². The Hall–Kier alpha value is -3.59. The quantitative estimate of drug-likeness (QED) is 0.515. The fraction of sp³-hybridized carbons (Fsp3) is 0.360. The number of esters is 1. The summed E-state index contributed by atoms with van der Waals surface area (Å²) in [6.45, 7) is 6.61. The molecule has 8 nitrogen and oxygen atoms in total. The summed E-state index contributed by atoms with van der Waals surface area (Å²) in [7, 11) is 1.56. The summed E-state index contributed by atoms with van der Waals surface area (Å²) in [4.78, 5) is 33.1. The maximum atomic E-state index is 13.2. The average Bonchev–Trinajstić information content (AvgIpc) is 3.21. The minimum Gasteiger partial charge on any atom is -0.497 e. The van der Waals surface area contributed by atoms with E-state index in [0.717, 1.165) is 18.8 Å². The van der Waals surface area contributed by atoms with E-state index in [9.17, 15) is 14.0 Å². The molecule has 1 aliphatic rings. The molecule has 180 valence electrons. The van der Waals surface area contributed by atoms with Crippen molar-refractivity contribution in [2.24, 2.45) is 0 Å². The number of nitrogens with one attached hydrogen (secondary N) is 2. The Kier molecular flexibility index (Phi) is 7.02. The highest BCUT2D eigenvalue weighted by molar-refractivity contribution is 6.12. The fourth-order valence-corrected chi connectivity index (χ4v) is 4.20. The maximum Gasteiger partial charge on any atom is 0.356 e. The summed E-state index contributed by atoms with van der Waals surface area (Å²) >= 11 is 0. The Morgan fingerprint density at radius 3 is 2.47 bits per heavy atom. The number of amides is 1. The van der Waals surface area contributed by atoms with E-state index >= 15 is 0 Å². The van der Waals surface area contributed by atoms with Crippen molar-refractivity contribution in [3.8, 4) is 5.75 Å². The minimum absolute atomic E-state index is 0.201.